The van der Waals surface area contributed by atoms with Crippen LogP contribution >= 0.6 is 0 Å². The molecule has 0 radical (unpaired) electrons. The summed E-state index contributed by atoms with van der Waals surface area (Å²) in [7, 11) is 1.97. The van der Waals surface area contributed by atoms with Gasteiger partial charge in [0.25, 0.3) is 0 Å². The second-order valence-electron chi connectivity index (χ2n) is 5.54. The van der Waals surface area contributed by atoms with Crippen LogP contribution in [0.4, 0.5) is 0 Å². The highest BCUT2D eigenvalue weighted by atomic mass is 16.5. The Morgan fingerprint density at radius 3 is 2.72 bits per heavy atom. The van der Waals surface area contributed by atoms with Gasteiger partial charge in [-0.2, -0.15) is 0 Å². The summed E-state index contributed by atoms with van der Waals surface area (Å²) >= 11 is 0. The zero-order valence-corrected chi connectivity index (χ0v) is 11.5. The van der Waals surface area contributed by atoms with Gasteiger partial charge in [-0.05, 0) is 32.7 Å². The average molecular weight is 254 g/mol. The van der Waals surface area contributed by atoms with E-state index in [-0.39, 0.29) is 12.5 Å². The van der Waals surface area contributed by atoms with Crippen molar-refractivity contribution in [2.24, 2.45) is 0 Å². The van der Waals surface area contributed by atoms with Gasteiger partial charge in [-0.15, -0.1) is 0 Å². The molecule has 2 rings (SSSR count). The van der Waals surface area contributed by atoms with Gasteiger partial charge in [0.15, 0.2) is 0 Å². The van der Waals surface area contributed by atoms with Gasteiger partial charge in [0, 0.05) is 19.1 Å². The summed E-state index contributed by atoms with van der Waals surface area (Å²) in [5.41, 5.74) is 0. The van der Waals surface area contributed by atoms with Crippen molar-refractivity contribution in [3.63, 3.8) is 0 Å². The van der Waals surface area contributed by atoms with Gasteiger partial charge >= 0.3 is 0 Å². The Bertz CT molecular complexity index is 265. The van der Waals surface area contributed by atoms with E-state index in [0.717, 1.165) is 32.4 Å². The second-order valence-corrected chi connectivity index (χ2v) is 5.54. The molecule has 18 heavy (non-hydrogen) atoms. The second kappa shape index (κ2) is 7.10. The summed E-state index contributed by atoms with van der Waals surface area (Å²) in [6.45, 7) is 2.01. The first-order valence-corrected chi connectivity index (χ1v) is 7.36. The number of hydrogen-bond donors (Lipinski definition) is 1. The third-order valence-electron chi connectivity index (χ3n) is 4.18. The monoisotopic (exact) mass is 254 g/mol. The molecule has 0 aromatic carbocycles. The fraction of sp³-hybridized carbons (Fsp3) is 0.929. The Balaban J connectivity index is 1.70. The smallest absolute Gasteiger partial charge is 0.248 e. The fourth-order valence-electron chi connectivity index (χ4n) is 2.95. The average Bonchev–Trinajstić information content (AvgIpc) is 2.46. The van der Waals surface area contributed by atoms with Crippen molar-refractivity contribution in [2.45, 2.75) is 57.1 Å². The molecule has 0 bridgehead atoms. The highest BCUT2D eigenvalue weighted by molar-refractivity contribution is 5.77. The van der Waals surface area contributed by atoms with Crippen LogP contribution in [0.15, 0.2) is 0 Å². The SMILES string of the molecule is CNC1CCCN(C(=O)COC2CCCCC2)C1. The van der Waals surface area contributed by atoms with Crippen LogP contribution in [0.2, 0.25) is 0 Å². The number of carbonyl (C=O) groups is 1. The molecule has 104 valence electrons. The maximum atomic E-state index is 12.1. The van der Waals surface area contributed by atoms with Crippen molar-refractivity contribution in [2.75, 3.05) is 26.7 Å². The van der Waals surface area contributed by atoms with E-state index in [4.69, 9.17) is 4.74 Å². The Labute approximate surface area is 110 Å². The van der Waals surface area contributed by atoms with Crippen molar-refractivity contribution < 1.29 is 9.53 Å². The minimum Gasteiger partial charge on any atom is -0.368 e. The van der Waals surface area contributed by atoms with E-state index in [0.29, 0.717) is 12.1 Å². The molecule has 2 aliphatic rings. The molecule has 1 saturated carbocycles. The lowest BCUT2D eigenvalue weighted by Crippen LogP contribution is -2.48. The van der Waals surface area contributed by atoms with E-state index < -0.39 is 0 Å². The minimum atomic E-state index is 0.167. The number of amides is 1. The molecule has 0 aromatic heterocycles. The number of carbonyl (C=O) groups excluding carboxylic acids is 1. The molecule has 0 aromatic rings. The molecule has 1 aliphatic carbocycles. The van der Waals surface area contributed by atoms with Crippen molar-refractivity contribution in [3.8, 4) is 0 Å². The zero-order chi connectivity index (χ0) is 12.8. The quantitative estimate of drug-likeness (QED) is 0.827. The van der Waals surface area contributed by atoms with Gasteiger partial charge < -0.3 is 15.0 Å². The van der Waals surface area contributed by atoms with Crippen LogP contribution in [-0.2, 0) is 9.53 Å². The molecule has 1 aliphatic heterocycles. The number of nitrogens with one attached hydrogen (secondary N) is 1. The molecule has 1 N–H and O–H groups in total. The molecule has 1 saturated heterocycles. The van der Waals surface area contributed by atoms with Gasteiger partial charge in [0.05, 0.1) is 6.10 Å². The molecule has 4 nitrogen and oxygen atoms in total. The number of piperidine rings is 1. The van der Waals surface area contributed by atoms with Gasteiger partial charge in [0.1, 0.15) is 6.61 Å². The lowest BCUT2D eigenvalue weighted by atomic mass is 9.98. The van der Waals surface area contributed by atoms with E-state index in [1.165, 1.54) is 25.7 Å². The highest BCUT2D eigenvalue weighted by Gasteiger charge is 2.23. The van der Waals surface area contributed by atoms with Gasteiger partial charge in [-0.25, -0.2) is 0 Å². The maximum absolute atomic E-state index is 12.1. The topological polar surface area (TPSA) is 41.6 Å². The Kier molecular flexibility index (Phi) is 5.45. The van der Waals surface area contributed by atoms with Gasteiger partial charge in [-0.3, -0.25) is 4.79 Å². The first-order valence-electron chi connectivity index (χ1n) is 7.36. The summed E-state index contributed by atoms with van der Waals surface area (Å²) in [5.74, 6) is 0.167. The van der Waals surface area contributed by atoms with Gasteiger partial charge in [0.2, 0.25) is 5.91 Å². The van der Waals surface area contributed by atoms with E-state index in [1.54, 1.807) is 0 Å². The number of nitrogens with zero attached hydrogens (tertiary/aromatic N) is 1. The van der Waals surface area contributed by atoms with Crippen LogP contribution < -0.4 is 5.32 Å². The predicted octanol–water partition coefficient (Wildman–Crippen LogP) is 1.55. The van der Waals surface area contributed by atoms with Crippen LogP contribution in [0.5, 0.6) is 0 Å². The van der Waals surface area contributed by atoms with Crippen molar-refractivity contribution in [1.82, 2.24) is 10.2 Å². The van der Waals surface area contributed by atoms with Crippen LogP contribution in [0.25, 0.3) is 0 Å². The van der Waals surface area contributed by atoms with Crippen LogP contribution in [-0.4, -0.2) is 49.7 Å². The first-order chi connectivity index (χ1) is 8.79. The van der Waals surface area contributed by atoms with Crippen molar-refractivity contribution >= 4 is 5.91 Å². The first kappa shape index (κ1) is 13.8. The molecule has 0 spiro atoms. The highest BCUT2D eigenvalue weighted by Crippen LogP contribution is 2.20. The molecule has 4 heteroatoms. The number of rotatable bonds is 4. The largest absolute Gasteiger partial charge is 0.368 e. The summed E-state index contributed by atoms with van der Waals surface area (Å²) in [6.07, 6.45) is 8.69. The van der Waals surface area contributed by atoms with Gasteiger partial charge in [-0.1, -0.05) is 19.3 Å². The van der Waals surface area contributed by atoms with E-state index in [2.05, 4.69) is 5.32 Å². The number of hydrogen-bond acceptors (Lipinski definition) is 3. The molecule has 2 fully saturated rings. The Morgan fingerprint density at radius 1 is 1.22 bits per heavy atom. The van der Waals surface area contributed by atoms with Crippen molar-refractivity contribution in [1.29, 1.82) is 0 Å². The lowest BCUT2D eigenvalue weighted by Gasteiger charge is -2.33. The molecule has 1 atom stereocenters. The molecule has 1 heterocycles. The lowest BCUT2D eigenvalue weighted by molar-refractivity contribution is -0.140. The van der Waals surface area contributed by atoms with E-state index in [9.17, 15) is 4.79 Å². The minimum absolute atomic E-state index is 0.167. The van der Waals surface area contributed by atoms with E-state index >= 15 is 0 Å². The molecular weight excluding hydrogens is 228 g/mol. The standard InChI is InChI=1S/C14H26N2O2/c1-15-12-6-5-9-16(10-12)14(17)11-18-13-7-3-2-4-8-13/h12-13,15H,2-11H2,1H3. The normalized spacial score (nSPS) is 26.3. The van der Waals surface area contributed by atoms with E-state index in [1.807, 2.05) is 11.9 Å². The molecule has 1 unspecified atom stereocenters. The summed E-state index contributed by atoms with van der Waals surface area (Å²) in [4.78, 5) is 14.0. The third-order valence-corrected chi connectivity index (χ3v) is 4.18. The Morgan fingerprint density at radius 2 is 2.00 bits per heavy atom. The Hall–Kier alpha value is -0.610. The van der Waals surface area contributed by atoms with Crippen LogP contribution in [0, 0.1) is 0 Å². The van der Waals surface area contributed by atoms with Crippen molar-refractivity contribution in [3.05, 3.63) is 0 Å². The van der Waals surface area contributed by atoms with Crippen LogP contribution in [0.1, 0.15) is 44.9 Å². The molecular formula is C14H26N2O2. The number of ether oxygens (including phenoxy) is 1. The molecule has 1 amide bonds. The summed E-state index contributed by atoms with van der Waals surface area (Å²) in [5, 5.41) is 3.26. The predicted molar refractivity (Wildman–Crippen MR) is 71.5 cm³/mol. The maximum Gasteiger partial charge on any atom is 0.248 e. The zero-order valence-electron chi connectivity index (χ0n) is 11.5. The number of likely N-dealkylation sites (N-methyl/N-ethyl adjacent to an activating group) is 1. The number of likely N-dealkylation sites (tertiary alicyclic amines) is 1. The summed E-state index contributed by atoms with van der Waals surface area (Å²) < 4.78 is 5.76. The summed E-state index contributed by atoms with van der Waals surface area (Å²) in [6, 6.07) is 0.456. The van der Waals surface area contributed by atoms with Crippen LogP contribution in [0.3, 0.4) is 0 Å². The third kappa shape index (κ3) is 3.95. The fourth-order valence-corrected chi connectivity index (χ4v) is 2.95.